The highest BCUT2D eigenvalue weighted by Gasteiger charge is 2.36. The van der Waals surface area contributed by atoms with Crippen LogP contribution in [0.15, 0.2) is 54.6 Å². The molecule has 1 N–H and O–H groups in total. The number of carbonyl (C=O) groups is 1. The van der Waals surface area contributed by atoms with Gasteiger partial charge in [0.2, 0.25) is 0 Å². The number of aliphatic hydroxyl groups excluding tert-OH is 1. The fourth-order valence-corrected chi connectivity index (χ4v) is 1.90. The van der Waals surface area contributed by atoms with Gasteiger partial charge in [0.1, 0.15) is 6.10 Å². The summed E-state index contributed by atoms with van der Waals surface area (Å²) in [6.45, 7) is 0. The number of halogens is 3. The minimum atomic E-state index is -4.62. The summed E-state index contributed by atoms with van der Waals surface area (Å²) in [4.78, 5) is 12.0. The van der Waals surface area contributed by atoms with Gasteiger partial charge in [0.05, 0.1) is 5.56 Å². The topological polar surface area (TPSA) is 37.3 Å². The summed E-state index contributed by atoms with van der Waals surface area (Å²) < 4.78 is 38.6. The van der Waals surface area contributed by atoms with Gasteiger partial charge in [0.15, 0.2) is 5.78 Å². The molecule has 2 aromatic carbocycles. The molecule has 0 aliphatic heterocycles. The number of benzene rings is 2. The van der Waals surface area contributed by atoms with Crippen molar-refractivity contribution in [2.24, 2.45) is 0 Å². The summed E-state index contributed by atoms with van der Waals surface area (Å²) >= 11 is 0. The summed E-state index contributed by atoms with van der Waals surface area (Å²) in [5.41, 5.74) is -1.28. The number of carbonyl (C=O) groups excluding carboxylic acids is 1. The third-order valence-electron chi connectivity index (χ3n) is 2.87. The van der Waals surface area contributed by atoms with Crippen LogP contribution in [0.25, 0.3) is 0 Å². The molecule has 0 heterocycles. The Morgan fingerprint density at radius 3 is 2.10 bits per heavy atom. The Labute approximate surface area is 113 Å². The van der Waals surface area contributed by atoms with Crippen LogP contribution >= 0.6 is 0 Å². The fourth-order valence-electron chi connectivity index (χ4n) is 1.90. The zero-order valence-corrected chi connectivity index (χ0v) is 10.3. The summed E-state index contributed by atoms with van der Waals surface area (Å²) in [7, 11) is 0. The van der Waals surface area contributed by atoms with Crippen LogP contribution in [0.2, 0.25) is 0 Å². The Hall–Kier alpha value is -2.14. The molecule has 0 fully saturated rings. The number of Topliss-reactive ketones (excluding diaryl/α,β-unsaturated/α-hetero) is 1. The lowest BCUT2D eigenvalue weighted by atomic mass is 9.96. The zero-order valence-electron chi connectivity index (χ0n) is 10.3. The molecule has 0 aromatic heterocycles. The van der Waals surface area contributed by atoms with Crippen molar-refractivity contribution in [1.29, 1.82) is 0 Å². The van der Waals surface area contributed by atoms with E-state index in [1.165, 1.54) is 24.3 Å². The molecule has 0 aliphatic rings. The van der Waals surface area contributed by atoms with E-state index in [4.69, 9.17) is 0 Å². The highest BCUT2D eigenvalue weighted by Crippen LogP contribution is 2.35. The molecule has 1 atom stereocenters. The first-order valence-electron chi connectivity index (χ1n) is 5.84. The number of hydrogen-bond acceptors (Lipinski definition) is 2. The highest BCUT2D eigenvalue weighted by molar-refractivity contribution is 6.00. The van der Waals surface area contributed by atoms with Crippen LogP contribution in [-0.4, -0.2) is 10.9 Å². The third-order valence-corrected chi connectivity index (χ3v) is 2.87. The van der Waals surface area contributed by atoms with Crippen LogP contribution < -0.4 is 0 Å². The van der Waals surface area contributed by atoms with Crippen molar-refractivity contribution in [3.8, 4) is 0 Å². The maximum atomic E-state index is 12.9. The summed E-state index contributed by atoms with van der Waals surface area (Å²) in [5, 5.41) is 9.94. The van der Waals surface area contributed by atoms with E-state index in [9.17, 15) is 23.1 Å². The smallest absolute Gasteiger partial charge is 0.380 e. The number of alkyl halides is 3. The van der Waals surface area contributed by atoms with Gasteiger partial charge < -0.3 is 5.11 Å². The van der Waals surface area contributed by atoms with Gasteiger partial charge in [-0.15, -0.1) is 0 Å². The van der Waals surface area contributed by atoms with Gasteiger partial charge in [-0.05, 0) is 6.07 Å². The van der Waals surface area contributed by atoms with Gasteiger partial charge in [-0.2, -0.15) is 13.2 Å². The normalized spacial score (nSPS) is 13.0. The Kier molecular flexibility index (Phi) is 3.90. The molecular formula is C15H11F3O2. The van der Waals surface area contributed by atoms with Gasteiger partial charge in [0.25, 0.3) is 0 Å². The van der Waals surface area contributed by atoms with Crippen molar-refractivity contribution in [2.75, 3.05) is 0 Å². The van der Waals surface area contributed by atoms with Crippen LogP contribution in [-0.2, 0) is 6.18 Å². The lowest BCUT2D eigenvalue weighted by Crippen LogP contribution is -2.18. The van der Waals surface area contributed by atoms with E-state index in [-0.39, 0.29) is 5.56 Å². The second-order valence-electron chi connectivity index (χ2n) is 4.22. The van der Waals surface area contributed by atoms with E-state index >= 15 is 0 Å². The molecule has 0 amide bonds. The predicted molar refractivity (Wildman–Crippen MR) is 67.2 cm³/mol. The monoisotopic (exact) mass is 280 g/mol. The highest BCUT2D eigenvalue weighted by atomic mass is 19.4. The molecule has 2 aromatic rings. The minimum Gasteiger partial charge on any atom is -0.380 e. The minimum absolute atomic E-state index is 0.164. The molecular weight excluding hydrogens is 269 g/mol. The van der Waals surface area contributed by atoms with Crippen LogP contribution in [0.4, 0.5) is 13.2 Å². The SMILES string of the molecule is O=C(c1ccccc1)C(O)c1ccccc1C(F)(F)F. The van der Waals surface area contributed by atoms with Gasteiger partial charge in [-0.3, -0.25) is 4.79 Å². The summed E-state index contributed by atoms with van der Waals surface area (Å²) in [5.74, 6) is -0.762. The Morgan fingerprint density at radius 1 is 0.950 bits per heavy atom. The summed E-state index contributed by atoms with van der Waals surface area (Å²) in [6, 6.07) is 12.2. The van der Waals surface area contributed by atoms with Gasteiger partial charge in [-0.1, -0.05) is 48.5 Å². The van der Waals surface area contributed by atoms with Crippen LogP contribution in [0, 0.1) is 0 Å². The quantitative estimate of drug-likeness (QED) is 0.872. The first kappa shape index (κ1) is 14.3. The van der Waals surface area contributed by atoms with Crippen molar-refractivity contribution in [3.05, 3.63) is 71.3 Å². The van der Waals surface area contributed by atoms with E-state index in [0.717, 1.165) is 12.1 Å². The van der Waals surface area contributed by atoms with Crippen LogP contribution in [0.5, 0.6) is 0 Å². The zero-order chi connectivity index (χ0) is 14.8. The average Bonchev–Trinajstić information content (AvgIpc) is 2.46. The largest absolute Gasteiger partial charge is 0.416 e. The molecule has 0 spiro atoms. The number of aliphatic hydroxyl groups is 1. The van der Waals surface area contributed by atoms with E-state index in [0.29, 0.717) is 0 Å². The second-order valence-corrected chi connectivity index (χ2v) is 4.22. The van der Waals surface area contributed by atoms with Crippen molar-refractivity contribution < 1.29 is 23.1 Å². The number of hydrogen-bond donors (Lipinski definition) is 1. The van der Waals surface area contributed by atoms with Gasteiger partial charge >= 0.3 is 6.18 Å². The lowest BCUT2D eigenvalue weighted by Gasteiger charge is -2.16. The molecule has 1 unspecified atom stereocenters. The van der Waals surface area contributed by atoms with Crippen molar-refractivity contribution in [2.45, 2.75) is 12.3 Å². The molecule has 2 rings (SSSR count). The Bertz CT molecular complexity index is 606. The molecule has 0 saturated carbocycles. The van der Waals surface area contributed by atoms with E-state index in [1.807, 2.05) is 0 Å². The van der Waals surface area contributed by atoms with Gasteiger partial charge in [0, 0.05) is 11.1 Å². The lowest BCUT2D eigenvalue weighted by molar-refractivity contribution is -0.138. The first-order valence-corrected chi connectivity index (χ1v) is 5.84. The molecule has 104 valence electrons. The first-order chi connectivity index (χ1) is 9.41. The van der Waals surface area contributed by atoms with Crippen LogP contribution in [0.3, 0.4) is 0 Å². The third kappa shape index (κ3) is 2.88. The molecule has 20 heavy (non-hydrogen) atoms. The van der Waals surface area contributed by atoms with E-state index < -0.39 is 29.2 Å². The van der Waals surface area contributed by atoms with E-state index in [1.54, 1.807) is 18.2 Å². The standard InChI is InChI=1S/C15H11F3O2/c16-15(17,18)12-9-5-4-8-11(12)14(20)13(19)10-6-2-1-3-7-10/h1-9,14,20H. The van der Waals surface area contributed by atoms with Gasteiger partial charge in [-0.25, -0.2) is 0 Å². The molecule has 0 bridgehead atoms. The van der Waals surface area contributed by atoms with E-state index in [2.05, 4.69) is 0 Å². The molecule has 0 saturated heterocycles. The van der Waals surface area contributed by atoms with Crippen LogP contribution in [0.1, 0.15) is 27.6 Å². The average molecular weight is 280 g/mol. The Morgan fingerprint density at radius 2 is 1.50 bits per heavy atom. The maximum absolute atomic E-state index is 12.9. The number of ketones is 1. The number of rotatable bonds is 3. The molecule has 0 aliphatic carbocycles. The fraction of sp³-hybridized carbons (Fsp3) is 0.133. The van der Waals surface area contributed by atoms with Crippen molar-refractivity contribution in [3.63, 3.8) is 0 Å². The van der Waals surface area contributed by atoms with Crippen molar-refractivity contribution >= 4 is 5.78 Å². The maximum Gasteiger partial charge on any atom is 0.416 e. The predicted octanol–water partition coefficient (Wildman–Crippen LogP) is 3.62. The summed E-state index contributed by atoms with van der Waals surface area (Å²) in [6.07, 6.45) is -6.45. The second kappa shape index (κ2) is 5.46. The molecule has 0 radical (unpaired) electrons. The Balaban J connectivity index is 2.40. The molecule has 5 heteroatoms. The van der Waals surface area contributed by atoms with Crippen molar-refractivity contribution in [1.82, 2.24) is 0 Å². The molecule has 2 nitrogen and oxygen atoms in total.